The third kappa shape index (κ3) is 4.87. The van der Waals surface area contributed by atoms with Gasteiger partial charge in [0, 0.05) is 12.5 Å². The van der Waals surface area contributed by atoms with Gasteiger partial charge in [0.1, 0.15) is 17.7 Å². The molecule has 2 N–H and O–H groups in total. The summed E-state index contributed by atoms with van der Waals surface area (Å²) < 4.78 is 26.3. The van der Waals surface area contributed by atoms with Gasteiger partial charge in [-0.1, -0.05) is 24.3 Å². The van der Waals surface area contributed by atoms with E-state index >= 15 is 0 Å². The second-order valence-corrected chi connectivity index (χ2v) is 5.54. The molecule has 0 aromatic heterocycles. The van der Waals surface area contributed by atoms with Crippen molar-refractivity contribution in [3.05, 3.63) is 70.8 Å². The molecule has 0 bridgehead atoms. The Labute approximate surface area is 138 Å². The lowest BCUT2D eigenvalue weighted by molar-refractivity contribution is -0.141. The van der Waals surface area contributed by atoms with Crippen LogP contribution in [0.4, 0.5) is 8.78 Å². The molecule has 2 aromatic rings. The summed E-state index contributed by atoms with van der Waals surface area (Å²) in [5, 5.41) is 11.7. The molecule has 0 fully saturated rings. The van der Waals surface area contributed by atoms with Crippen LogP contribution < -0.4 is 5.32 Å². The number of amides is 1. The molecule has 6 heteroatoms. The van der Waals surface area contributed by atoms with Gasteiger partial charge in [0.05, 0.1) is 6.42 Å². The van der Waals surface area contributed by atoms with Gasteiger partial charge in [-0.25, -0.2) is 13.6 Å². The number of aliphatic carboxylic acids is 1. The molecule has 0 saturated heterocycles. The number of nitrogens with one attached hydrogen (secondary N) is 1. The number of hydrogen-bond donors (Lipinski definition) is 2. The first kappa shape index (κ1) is 17.6. The first-order valence-corrected chi connectivity index (χ1v) is 7.37. The molecule has 1 atom stereocenters. The van der Waals surface area contributed by atoms with Gasteiger partial charge in [0.25, 0.3) is 0 Å². The van der Waals surface area contributed by atoms with E-state index in [-0.39, 0.29) is 18.4 Å². The number of carboxylic acids is 1. The fourth-order valence-corrected chi connectivity index (χ4v) is 2.40. The van der Waals surface area contributed by atoms with Crippen LogP contribution in [-0.4, -0.2) is 23.0 Å². The number of halogens is 2. The molecule has 2 rings (SSSR count). The van der Waals surface area contributed by atoms with Gasteiger partial charge < -0.3 is 10.4 Å². The molecule has 126 valence electrons. The molecule has 4 nitrogen and oxygen atoms in total. The molecule has 1 amide bonds. The number of carboxylic acid groups (broad SMARTS) is 1. The molecule has 24 heavy (non-hydrogen) atoms. The molecule has 0 aliphatic rings. The van der Waals surface area contributed by atoms with E-state index in [1.54, 1.807) is 12.1 Å². The van der Waals surface area contributed by atoms with E-state index in [0.29, 0.717) is 6.07 Å². The Morgan fingerprint density at radius 1 is 1.12 bits per heavy atom. The maximum absolute atomic E-state index is 13.1. The minimum Gasteiger partial charge on any atom is -0.480 e. The van der Waals surface area contributed by atoms with Crippen LogP contribution in [0, 0.1) is 18.6 Å². The van der Waals surface area contributed by atoms with E-state index in [9.17, 15) is 23.5 Å². The maximum Gasteiger partial charge on any atom is 0.326 e. The molecule has 0 saturated carbocycles. The van der Waals surface area contributed by atoms with E-state index in [4.69, 9.17) is 0 Å². The fraction of sp³-hybridized carbons (Fsp3) is 0.222. The van der Waals surface area contributed by atoms with Crippen molar-refractivity contribution in [1.82, 2.24) is 5.32 Å². The number of carbonyl (C=O) groups excluding carboxylic acids is 1. The number of aryl methyl sites for hydroxylation is 1. The molecule has 0 unspecified atom stereocenters. The Kier molecular flexibility index (Phi) is 5.63. The van der Waals surface area contributed by atoms with Crippen LogP contribution in [0.15, 0.2) is 42.5 Å². The molecule has 0 heterocycles. The Morgan fingerprint density at radius 2 is 1.75 bits per heavy atom. The zero-order valence-corrected chi connectivity index (χ0v) is 13.1. The molecule has 2 aromatic carbocycles. The van der Waals surface area contributed by atoms with E-state index < -0.39 is 29.6 Å². The Bertz CT molecular complexity index is 741. The predicted molar refractivity (Wildman–Crippen MR) is 84.5 cm³/mol. The quantitative estimate of drug-likeness (QED) is 0.854. The lowest BCUT2D eigenvalue weighted by Crippen LogP contribution is -2.43. The summed E-state index contributed by atoms with van der Waals surface area (Å²) in [6, 6.07) is 8.95. The summed E-state index contributed by atoms with van der Waals surface area (Å²) in [6.07, 6.45) is -0.169. The summed E-state index contributed by atoms with van der Waals surface area (Å²) in [7, 11) is 0. The zero-order valence-electron chi connectivity index (χ0n) is 13.1. The second kappa shape index (κ2) is 7.68. The van der Waals surface area contributed by atoms with E-state index in [1.165, 1.54) is 0 Å². The van der Waals surface area contributed by atoms with Crippen LogP contribution in [0.1, 0.15) is 16.7 Å². The van der Waals surface area contributed by atoms with E-state index in [1.807, 2.05) is 19.1 Å². The van der Waals surface area contributed by atoms with Crippen LogP contribution in [0.25, 0.3) is 0 Å². The molecule has 0 spiro atoms. The molecule has 0 aliphatic heterocycles. The summed E-state index contributed by atoms with van der Waals surface area (Å²) in [6.45, 7) is 1.85. The van der Waals surface area contributed by atoms with E-state index in [0.717, 1.165) is 23.3 Å². The largest absolute Gasteiger partial charge is 0.480 e. The summed E-state index contributed by atoms with van der Waals surface area (Å²) in [5.74, 6) is -3.35. The first-order chi connectivity index (χ1) is 11.3. The Balaban J connectivity index is 2.06. The average molecular weight is 333 g/mol. The van der Waals surface area contributed by atoms with Crippen molar-refractivity contribution in [3.8, 4) is 0 Å². The summed E-state index contributed by atoms with van der Waals surface area (Å²) in [4.78, 5) is 23.4. The standard InChI is InChI=1S/C18H17F2NO3/c1-11-4-2-3-5-13(11)9-16(18(23)24)21-17(22)8-12-6-14(19)10-15(20)7-12/h2-7,10,16H,8-9H2,1H3,(H,21,22)(H,23,24)/t16-/m1/s1. The van der Waals surface area contributed by atoms with Gasteiger partial charge in [-0.05, 0) is 35.7 Å². The third-order valence-corrected chi connectivity index (χ3v) is 3.61. The number of rotatable bonds is 6. The minimum absolute atomic E-state index is 0.130. The molecular weight excluding hydrogens is 316 g/mol. The zero-order chi connectivity index (χ0) is 17.7. The Hall–Kier alpha value is -2.76. The van der Waals surface area contributed by atoms with Crippen LogP contribution in [0.3, 0.4) is 0 Å². The summed E-state index contributed by atoms with van der Waals surface area (Å²) in [5.41, 5.74) is 1.87. The number of hydrogen-bond acceptors (Lipinski definition) is 2. The smallest absolute Gasteiger partial charge is 0.326 e. The molecule has 0 aliphatic carbocycles. The third-order valence-electron chi connectivity index (χ3n) is 3.61. The SMILES string of the molecule is Cc1ccccc1C[C@@H](NC(=O)Cc1cc(F)cc(F)c1)C(=O)O. The van der Waals surface area contributed by atoms with Crippen molar-refractivity contribution < 1.29 is 23.5 Å². The van der Waals surface area contributed by atoms with Gasteiger partial charge in [-0.15, -0.1) is 0 Å². The van der Waals surface area contributed by atoms with Gasteiger partial charge in [-0.2, -0.15) is 0 Å². The van der Waals surface area contributed by atoms with Crippen LogP contribution in [-0.2, 0) is 22.4 Å². The van der Waals surface area contributed by atoms with Crippen LogP contribution >= 0.6 is 0 Å². The first-order valence-electron chi connectivity index (χ1n) is 7.37. The van der Waals surface area contributed by atoms with Crippen molar-refractivity contribution in [2.75, 3.05) is 0 Å². The normalized spacial score (nSPS) is 11.8. The monoisotopic (exact) mass is 333 g/mol. The van der Waals surface area contributed by atoms with Gasteiger partial charge >= 0.3 is 5.97 Å². The Morgan fingerprint density at radius 3 is 2.33 bits per heavy atom. The second-order valence-electron chi connectivity index (χ2n) is 5.54. The predicted octanol–water partition coefficient (Wildman–Crippen LogP) is 2.63. The number of carbonyl (C=O) groups is 2. The molecule has 0 radical (unpaired) electrons. The van der Waals surface area contributed by atoms with Crippen LogP contribution in [0.5, 0.6) is 0 Å². The lowest BCUT2D eigenvalue weighted by Gasteiger charge is -2.16. The summed E-state index contributed by atoms with van der Waals surface area (Å²) >= 11 is 0. The average Bonchev–Trinajstić information content (AvgIpc) is 2.47. The highest BCUT2D eigenvalue weighted by Gasteiger charge is 2.21. The van der Waals surface area contributed by atoms with Crippen molar-refractivity contribution in [2.45, 2.75) is 25.8 Å². The maximum atomic E-state index is 13.1. The van der Waals surface area contributed by atoms with E-state index in [2.05, 4.69) is 5.32 Å². The fourth-order valence-electron chi connectivity index (χ4n) is 2.40. The topological polar surface area (TPSA) is 66.4 Å². The lowest BCUT2D eigenvalue weighted by atomic mass is 10.0. The van der Waals surface area contributed by atoms with Crippen molar-refractivity contribution >= 4 is 11.9 Å². The highest BCUT2D eigenvalue weighted by Crippen LogP contribution is 2.11. The molecular formula is C18H17F2NO3. The number of benzene rings is 2. The van der Waals surface area contributed by atoms with Gasteiger partial charge in [0.15, 0.2) is 0 Å². The highest BCUT2D eigenvalue weighted by atomic mass is 19.1. The van der Waals surface area contributed by atoms with Crippen molar-refractivity contribution in [3.63, 3.8) is 0 Å². The van der Waals surface area contributed by atoms with Crippen molar-refractivity contribution in [2.24, 2.45) is 0 Å². The van der Waals surface area contributed by atoms with Crippen LogP contribution in [0.2, 0.25) is 0 Å². The van der Waals surface area contributed by atoms with Gasteiger partial charge in [0.2, 0.25) is 5.91 Å². The minimum atomic E-state index is -1.17. The van der Waals surface area contributed by atoms with Crippen molar-refractivity contribution in [1.29, 1.82) is 0 Å². The van der Waals surface area contributed by atoms with Gasteiger partial charge in [-0.3, -0.25) is 4.79 Å². The highest BCUT2D eigenvalue weighted by molar-refractivity contribution is 5.85.